The van der Waals surface area contributed by atoms with Gasteiger partial charge in [-0.05, 0) is 71.4 Å². The number of nitrogens with one attached hydrogen (secondary N) is 1. The van der Waals surface area contributed by atoms with Crippen LogP contribution in [0.3, 0.4) is 0 Å². The Labute approximate surface area is 158 Å². The van der Waals surface area contributed by atoms with Gasteiger partial charge in [0.1, 0.15) is 5.75 Å². The quantitative estimate of drug-likeness (QED) is 0.576. The van der Waals surface area contributed by atoms with Gasteiger partial charge in [-0.3, -0.25) is 4.79 Å². The van der Waals surface area contributed by atoms with Crippen LogP contribution in [0.5, 0.6) is 5.75 Å². The van der Waals surface area contributed by atoms with Crippen LogP contribution in [0.4, 0.5) is 5.69 Å². The fourth-order valence-electron chi connectivity index (χ4n) is 2.57. The van der Waals surface area contributed by atoms with Gasteiger partial charge in [-0.15, -0.1) is 0 Å². The van der Waals surface area contributed by atoms with Crippen LogP contribution in [0.25, 0.3) is 0 Å². The molecule has 0 aliphatic rings. The molecule has 0 saturated heterocycles. The largest absolute Gasteiger partial charge is 0.492 e. The summed E-state index contributed by atoms with van der Waals surface area (Å²) in [5.41, 5.74) is 4.42. The normalized spacial score (nSPS) is 10.8. The summed E-state index contributed by atoms with van der Waals surface area (Å²) in [7, 11) is 0. The number of halogens is 1. The first-order valence-corrected chi connectivity index (χ1v) is 9.45. The lowest BCUT2D eigenvalue weighted by molar-refractivity contribution is -0.116. The van der Waals surface area contributed by atoms with E-state index in [0.717, 1.165) is 21.5 Å². The van der Waals surface area contributed by atoms with Crippen molar-refractivity contribution in [2.45, 2.75) is 46.5 Å². The second-order valence-electron chi connectivity index (χ2n) is 6.66. The van der Waals surface area contributed by atoms with Gasteiger partial charge in [0.25, 0.3) is 0 Å². The van der Waals surface area contributed by atoms with Gasteiger partial charge in [0.2, 0.25) is 5.91 Å². The molecule has 1 amide bonds. The fourth-order valence-corrected chi connectivity index (χ4v) is 3.09. The van der Waals surface area contributed by atoms with E-state index in [1.165, 1.54) is 11.1 Å². The number of ether oxygens (including phenoxy) is 1. The topological polar surface area (TPSA) is 38.3 Å². The van der Waals surface area contributed by atoms with E-state index in [-0.39, 0.29) is 5.91 Å². The highest BCUT2D eigenvalue weighted by Crippen LogP contribution is 2.29. The summed E-state index contributed by atoms with van der Waals surface area (Å²) >= 11 is 3.55. The second kappa shape index (κ2) is 9.04. The minimum Gasteiger partial charge on any atom is -0.492 e. The van der Waals surface area contributed by atoms with Crippen molar-refractivity contribution in [1.29, 1.82) is 0 Å². The van der Waals surface area contributed by atoms with E-state index in [9.17, 15) is 4.79 Å². The van der Waals surface area contributed by atoms with Crippen molar-refractivity contribution in [3.05, 3.63) is 57.6 Å². The third kappa shape index (κ3) is 5.89. The Morgan fingerprint density at radius 1 is 1.16 bits per heavy atom. The second-order valence-corrected chi connectivity index (χ2v) is 7.52. The average molecular weight is 404 g/mol. The summed E-state index contributed by atoms with van der Waals surface area (Å²) in [5, 5.41) is 2.96. The number of amides is 1. The molecule has 0 radical (unpaired) electrons. The van der Waals surface area contributed by atoms with Gasteiger partial charge in [0.15, 0.2) is 0 Å². The summed E-state index contributed by atoms with van der Waals surface area (Å²) in [6, 6.07) is 12.2. The van der Waals surface area contributed by atoms with Crippen LogP contribution in [0.2, 0.25) is 0 Å². The maximum Gasteiger partial charge on any atom is 0.224 e. The van der Waals surface area contributed by atoms with Crippen molar-refractivity contribution in [3.8, 4) is 5.75 Å². The summed E-state index contributed by atoms with van der Waals surface area (Å²) < 4.78 is 6.74. The summed E-state index contributed by atoms with van der Waals surface area (Å²) in [5.74, 6) is 1.32. The van der Waals surface area contributed by atoms with Crippen molar-refractivity contribution in [2.75, 3.05) is 11.9 Å². The summed E-state index contributed by atoms with van der Waals surface area (Å²) in [6.45, 7) is 8.89. The number of aryl methyl sites for hydroxylation is 2. The standard InChI is InChI=1S/C21H26BrNO2/c1-14(2)17-8-10-20(18(22)13-17)25-11-5-6-21(24)23-19-9-7-15(3)12-16(19)4/h7-10,12-14H,5-6,11H2,1-4H3,(H,23,24). The first-order valence-electron chi connectivity index (χ1n) is 8.66. The average Bonchev–Trinajstić information content (AvgIpc) is 2.55. The molecule has 0 aliphatic carbocycles. The number of hydrogen-bond acceptors (Lipinski definition) is 2. The van der Waals surface area contributed by atoms with Gasteiger partial charge in [0, 0.05) is 12.1 Å². The number of hydrogen-bond donors (Lipinski definition) is 1. The Hall–Kier alpha value is -1.81. The number of anilines is 1. The summed E-state index contributed by atoms with van der Waals surface area (Å²) in [4.78, 5) is 12.1. The van der Waals surface area contributed by atoms with Gasteiger partial charge >= 0.3 is 0 Å². The molecule has 4 heteroatoms. The Bertz CT molecular complexity index is 741. The van der Waals surface area contributed by atoms with Crippen LogP contribution in [-0.2, 0) is 4.79 Å². The van der Waals surface area contributed by atoms with Gasteiger partial charge in [-0.1, -0.05) is 37.6 Å². The lowest BCUT2D eigenvalue weighted by Gasteiger charge is -2.12. The molecule has 3 nitrogen and oxygen atoms in total. The number of rotatable bonds is 7. The molecule has 0 heterocycles. The first kappa shape index (κ1) is 19.5. The molecule has 0 aliphatic heterocycles. The molecule has 2 rings (SSSR count). The predicted octanol–water partition coefficient (Wildman–Crippen LogP) is 5.99. The maximum absolute atomic E-state index is 12.1. The van der Waals surface area contributed by atoms with Gasteiger partial charge in [0.05, 0.1) is 11.1 Å². The monoisotopic (exact) mass is 403 g/mol. The zero-order valence-electron chi connectivity index (χ0n) is 15.4. The highest BCUT2D eigenvalue weighted by Gasteiger charge is 2.07. The predicted molar refractivity (Wildman–Crippen MR) is 108 cm³/mol. The van der Waals surface area contributed by atoms with Gasteiger partial charge < -0.3 is 10.1 Å². The summed E-state index contributed by atoms with van der Waals surface area (Å²) in [6.07, 6.45) is 1.12. The molecule has 0 unspecified atom stereocenters. The number of carbonyl (C=O) groups is 1. The Balaban J connectivity index is 1.78. The van der Waals surface area contributed by atoms with Crippen LogP contribution in [-0.4, -0.2) is 12.5 Å². The van der Waals surface area contributed by atoms with Crippen molar-refractivity contribution < 1.29 is 9.53 Å². The van der Waals surface area contributed by atoms with Crippen molar-refractivity contribution in [2.24, 2.45) is 0 Å². The van der Waals surface area contributed by atoms with Crippen molar-refractivity contribution >= 4 is 27.5 Å². The molecule has 0 bridgehead atoms. The first-order chi connectivity index (χ1) is 11.9. The van der Waals surface area contributed by atoms with Crippen molar-refractivity contribution in [3.63, 3.8) is 0 Å². The molecule has 0 fully saturated rings. The van der Waals surface area contributed by atoms with Crippen LogP contribution in [0, 0.1) is 13.8 Å². The molecular weight excluding hydrogens is 378 g/mol. The molecule has 1 N–H and O–H groups in total. The lowest BCUT2D eigenvalue weighted by atomic mass is 10.0. The SMILES string of the molecule is Cc1ccc(NC(=O)CCCOc2ccc(C(C)C)cc2Br)c(C)c1. The molecule has 0 spiro atoms. The minimum absolute atomic E-state index is 0.0183. The smallest absolute Gasteiger partial charge is 0.224 e. The van der Waals surface area contributed by atoms with E-state index < -0.39 is 0 Å². The number of benzene rings is 2. The molecule has 2 aromatic rings. The molecule has 0 saturated carbocycles. The van der Waals surface area contributed by atoms with E-state index >= 15 is 0 Å². The zero-order valence-corrected chi connectivity index (χ0v) is 16.9. The van der Waals surface area contributed by atoms with Gasteiger partial charge in [-0.25, -0.2) is 0 Å². The molecule has 0 atom stereocenters. The zero-order chi connectivity index (χ0) is 18.4. The van der Waals surface area contributed by atoms with E-state index in [1.54, 1.807) is 0 Å². The molecule has 2 aromatic carbocycles. The molecule has 0 aromatic heterocycles. The van der Waals surface area contributed by atoms with E-state index in [4.69, 9.17) is 4.74 Å². The van der Waals surface area contributed by atoms with Crippen LogP contribution in [0.1, 0.15) is 49.3 Å². The fraction of sp³-hybridized carbons (Fsp3) is 0.381. The van der Waals surface area contributed by atoms with E-state index in [2.05, 4.69) is 53.3 Å². The third-order valence-electron chi connectivity index (χ3n) is 4.08. The molecular formula is C21H26BrNO2. The van der Waals surface area contributed by atoms with Crippen LogP contribution >= 0.6 is 15.9 Å². The Morgan fingerprint density at radius 3 is 2.56 bits per heavy atom. The number of carbonyl (C=O) groups excluding carboxylic acids is 1. The highest BCUT2D eigenvalue weighted by atomic mass is 79.9. The van der Waals surface area contributed by atoms with Crippen molar-refractivity contribution in [1.82, 2.24) is 0 Å². The maximum atomic E-state index is 12.1. The molecule has 134 valence electrons. The minimum atomic E-state index is 0.0183. The van der Waals surface area contributed by atoms with E-state index in [0.29, 0.717) is 25.4 Å². The van der Waals surface area contributed by atoms with Crippen LogP contribution < -0.4 is 10.1 Å². The highest BCUT2D eigenvalue weighted by molar-refractivity contribution is 9.10. The van der Waals surface area contributed by atoms with Gasteiger partial charge in [-0.2, -0.15) is 0 Å². The van der Waals surface area contributed by atoms with E-state index in [1.807, 2.05) is 32.0 Å². The lowest BCUT2D eigenvalue weighted by Crippen LogP contribution is -2.13. The molecule has 25 heavy (non-hydrogen) atoms. The Morgan fingerprint density at radius 2 is 1.92 bits per heavy atom. The Kier molecular flexibility index (Phi) is 7.06. The van der Waals surface area contributed by atoms with Crippen LogP contribution in [0.15, 0.2) is 40.9 Å². The third-order valence-corrected chi connectivity index (χ3v) is 4.70.